The van der Waals surface area contributed by atoms with Gasteiger partial charge in [-0.25, -0.2) is 13.1 Å². The van der Waals surface area contributed by atoms with Crippen LogP contribution in [0.3, 0.4) is 0 Å². The van der Waals surface area contributed by atoms with Gasteiger partial charge in [-0.05, 0) is 63.1 Å². The standard InChI is InChI=1S/C24H28N2O5S/c1-17-6-5-7-19(14-17)16-30-20-10-8-18(9-11-20)15-25-23(27)21-12-13-22(31-21)32(28,29)26-24(2,3)4/h5-14,26H,15-16H2,1-4H3,(H,25,27). The Bertz CT molecular complexity index is 1180. The summed E-state index contributed by atoms with van der Waals surface area (Å²) >= 11 is 0. The summed E-state index contributed by atoms with van der Waals surface area (Å²) < 4.78 is 38.2. The first kappa shape index (κ1) is 23.6. The number of sulfonamides is 1. The van der Waals surface area contributed by atoms with Crippen molar-refractivity contribution in [3.63, 3.8) is 0 Å². The highest BCUT2D eigenvalue weighted by Crippen LogP contribution is 2.17. The second-order valence-electron chi connectivity index (χ2n) is 8.58. The summed E-state index contributed by atoms with van der Waals surface area (Å²) in [6, 6.07) is 18.1. The lowest BCUT2D eigenvalue weighted by atomic mass is 10.1. The van der Waals surface area contributed by atoms with Gasteiger partial charge in [-0.15, -0.1) is 0 Å². The third kappa shape index (κ3) is 6.70. The average Bonchev–Trinajstić information content (AvgIpc) is 3.21. The van der Waals surface area contributed by atoms with Crippen molar-refractivity contribution in [1.29, 1.82) is 0 Å². The fraction of sp³-hybridized carbons (Fsp3) is 0.292. The fourth-order valence-electron chi connectivity index (χ4n) is 2.98. The van der Waals surface area contributed by atoms with Crippen LogP contribution in [0, 0.1) is 6.92 Å². The second-order valence-corrected chi connectivity index (χ2v) is 10.2. The zero-order valence-electron chi connectivity index (χ0n) is 18.6. The first-order chi connectivity index (χ1) is 15.0. The van der Waals surface area contributed by atoms with Crippen molar-refractivity contribution in [2.75, 3.05) is 0 Å². The summed E-state index contributed by atoms with van der Waals surface area (Å²) in [6.07, 6.45) is 0. The number of carbonyl (C=O) groups excluding carboxylic acids is 1. The van der Waals surface area contributed by atoms with E-state index in [0.717, 1.165) is 16.9 Å². The number of nitrogens with one attached hydrogen (secondary N) is 2. The Balaban J connectivity index is 1.53. The zero-order chi connectivity index (χ0) is 23.4. The maximum atomic E-state index is 12.4. The molecule has 0 bridgehead atoms. The van der Waals surface area contributed by atoms with E-state index < -0.39 is 21.5 Å². The number of amides is 1. The molecule has 8 heteroatoms. The van der Waals surface area contributed by atoms with E-state index in [0.29, 0.717) is 6.61 Å². The smallest absolute Gasteiger partial charge is 0.287 e. The number of benzene rings is 2. The van der Waals surface area contributed by atoms with E-state index in [1.165, 1.54) is 17.7 Å². The van der Waals surface area contributed by atoms with E-state index in [1.54, 1.807) is 20.8 Å². The van der Waals surface area contributed by atoms with Crippen molar-refractivity contribution in [3.05, 3.63) is 83.1 Å². The first-order valence-corrected chi connectivity index (χ1v) is 11.7. The Labute approximate surface area is 188 Å². The molecule has 0 unspecified atom stereocenters. The Morgan fingerprint density at radius 2 is 1.72 bits per heavy atom. The molecule has 0 saturated heterocycles. The summed E-state index contributed by atoms with van der Waals surface area (Å²) in [6.45, 7) is 7.95. The minimum absolute atomic E-state index is 0.0719. The van der Waals surface area contributed by atoms with E-state index in [-0.39, 0.29) is 17.4 Å². The summed E-state index contributed by atoms with van der Waals surface area (Å²) in [5.41, 5.74) is 2.49. The van der Waals surface area contributed by atoms with Crippen LogP contribution in [-0.2, 0) is 23.2 Å². The van der Waals surface area contributed by atoms with Gasteiger partial charge in [0, 0.05) is 12.1 Å². The van der Waals surface area contributed by atoms with Crippen molar-refractivity contribution >= 4 is 15.9 Å². The molecule has 0 aliphatic heterocycles. The van der Waals surface area contributed by atoms with E-state index in [1.807, 2.05) is 49.4 Å². The van der Waals surface area contributed by atoms with E-state index in [4.69, 9.17) is 9.15 Å². The lowest BCUT2D eigenvalue weighted by Gasteiger charge is -2.18. The maximum absolute atomic E-state index is 12.4. The van der Waals surface area contributed by atoms with Crippen molar-refractivity contribution in [2.45, 2.75) is 51.5 Å². The van der Waals surface area contributed by atoms with Crippen LogP contribution < -0.4 is 14.8 Å². The van der Waals surface area contributed by atoms with E-state index in [9.17, 15) is 13.2 Å². The number of hydrogen-bond donors (Lipinski definition) is 2. The molecule has 0 spiro atoms. The number of furan rings is 1. The molecular weight excluding hydrogens is 428 g/mol. The highest BCUT2D eigenvalue weighted by Gasteiger charge is 2.26. The van der Waals surface area contributed by atoms with E-state index >= 15 is 0 Å². The Hall–Kier alpha value is -3.10. The van der Waals surface area contributed by atoms with Gasteiger partial charge in [-0.1, -0.05) is 42.0 Å². The van der Waals surface area contributed by atoms with Gasteiger partial charge in [-0.3, -0.25) is 4.79 Å². The molecular formula is C24H28N2O5S. The molecule has 2 N–H and O–H groups in total. The minimum atomic E-state index is -3.84. The highest BCUT2D eigenvalue weighted by atomic mass is 32.2. The molecule has 1 amide bonds. The van der Waals surface area contributed by atoms with Crippen LogP contribution in [-0.4, -0.2) is 19.9 Å². The molecule has 0 aliphatic carbocycles. The van der Waals surface area contributed by atoms with Crippen LogP contribution in [0.4, 0.5) is 0 Å². The average molecular weight is 457 g/mol. The molecule has 0 atom stereocenters. The number of hydrogen-bond acceptors (Lipinski definition) is 5. The molecule has 170 valence electrons. The monoisotopic (exact) mass is 456 g/mol. The van der Waals surface area contributed by atoms with Crippen molar-refractivity contribution in [3.8, 4) is 5.75 Å². The Kier molecular flexibility index (Phi) is 7.06. The van der Waals surface area contributed by atoms with Gasteiger partial charge in [0.25, 0.3) is 15.9 Å². The Morgan fingerprint density at radius 3 is 2.38 bits per heavy atom. The third-order valence-electron chi connectivity index (χ3n) is 4.37. The number of carbonyl (C=O) groups is 1. The van der Waals surface area contributed by atoms with Gasteiger partial charge in [0.2, 0.25) is 5.09 Å². The summed E-state index contributed by atoms with van der Waals surface area (Å²) in [5, 5.41) is 2.42. The molecule has 1 heterocycles. The minimum Gasteiger partial charge on any atom is -0.489 e. The SMILES string of the molecule is Cc1cccc(COc2ccc(CNC(=O)c3ccc(S(=O)(=O)NC(C)(C)C)o3)cc2)c1. The van der Waals surface area contributed by atoms with Gasteiger partial charge in [0.15, 0.2) is 5.76 Å². The largest absolute Gasteiger partial charge is 0.489 e. The summed E-state index contributed by atoms with van der Waals surface area (Å²) in [5.74, 6) is 0.160. The van der Waals surface area contributed by atoms with Crippen LogP contribution in [0.15, 0.2) is 70.2 Å². The van der Waals surface area contributed by atoms with Crippen LogP contribution in [0.1, 0.15) is 48.0 Å². The van der Waals surface area contributed by atoms with Crippen molar-refractivity contribution in [1.82, 2.24) is 10.0 Å². The van der Waals surface area contributed by atoms with E-state index in [2.05, 4.69) is 16.1 Å². The lowest BCUT2D eigenvalue weighted by molar-refractivity contribution is 0.0918. The Morgan fingerprint density at radius 1 is 1.00 bits per heavy atom. The number of ether oxygens (including phenoxy) is 1. The van der Waals surface area contributed by atoms with Gasteiger partial charge in [0.05, 0.1) is 0 Å². The summed E-state index contributed by atoms with van der Waals surface area (Å²) in [4.78, 5) is 12.4. The molecule has 7 nitrogen and oxygen atoms in total. The third-order valence-corrected chi connectivity index (χ3v) is 6.01. The van der Waals surface area contributed by atoms with Crippen LogP contribution in [0.5, 0.6) is 5.75 Å². The van der Waals surface area contributed by atoms with Crippen molar-refractivity contribution in [2.24, 2.45) is 0 Å². The molecule has 2 aromatic carbocycles. The summed E-state index contributed by atoms with van der Waals surface area (Å²) in [7, 11) is -3.84. The zero-order valence-corrected chi connectivity index (χ0v) is 19.5. The maximum Gasteiger partial charge on any atom is 0.287 e. The normalized spacial score (nSPS) is 11.9. The molecule has 32 heavy (non-hydrogen) atoms. The molecule has 3 rings (SSSR count). The number of rotatable bonds is 8. The van der Waals surface area contributed by atoms with Crippen LogP contribution >= 0.6 is 0 Å². The molecule has 0 saturated carbocycles. The van der Waals surface area contributed by atoms with Crippen LogP contribution in [0.2, 0.25) is 0 Å². The van der Waals surface area contributed by atoms with Gasteiger partial charge < -0.3 is 14.5 Å². The molecule has 0 aliphatic rings. The predicted octanol–water partition coefficient (Wildman–Crippen LogP) is 4.17. The number of aryl methyl sites for hydroxylation is 1. The second kappa shape index (κ2) is 9.58. The molecule has 3 aromatic rings. The molecule has 1 aromatic heterocycles. The fourth-order valence-corrected chi connectivity index (χ4v) is 4.34. The topological polar surface area (TPSA) is 97.6 Å². The van der Waals surface area contributed by atoms with Gasteiger partial charge >= 0.3 is 0 Å². The highest BCUT2D eigenvalue weighted by molar-refractivity contribution is 7.89. The van der Waals surface area contributed by atoms with Gasteiger partial charge in [-0.2, -0.15) is 0 Å². The van der Waals surface area contributed by atoms with Crippen LogP contribution in [0.25, 0.3) is 0 Å². The van der Waals surface area contributed by atoms with Gasteiger partial charge in [0.1, 0.15) is 12.4 Å². The lowest BCUT2D eigenvalue weighted by Crippen LogP contribution is -2.40. The van der Waals surface area contributed by atoms with Crippen molar-refractivity contribution < 1.29 is 22.4 Å². The predicted molar refractivity (Wildman–Crippen MR) is 122 cm³/mol. The molecule has 0 radical (unpaired) electrons. The molecule has 0 fully saturated rings. The first-order valence-electron chi connectivity index (χ1n) is 10.2. The quantitative estimate of drug-likeness (QED) is 0.530.